The molecule has 0 radical (unpaired) electrons. The fourth-order valence-corrected chi connectivity index (χ4v) is 5.08. The van der Waals surface area contributed by atoms with Gasteiger partial charge in [-0.1, -0.05) is 24.3 Å². The van der Waals surface area contributed by atoms with Crippen molar-refractivity contribution in [1.29, 1.82) is 0 Å². The number of allylic oxidation sites excluding steroid dienone is 2. The van der Waals surface area contributed by atoms with Gasteiger partial charge in [-0.05, 0) is 37.0 Å². The molecule has 132 valence electrons. The zero-order valence-electron chi connectivity index (χ0n) is 14.1. The zero-order chi connectivity index (χ0) is 18.2. The second-order valence-corrected chi connectivity index (χ2v) is 7.69. The van der Waals surface area contributed by atoms with E-state index in [1.165, 1.54) is 12.3 Å². The molecule has 0 unspecified atom stereocenters. The van der Waals surface area contributed by atoms with E-state index < -0.39 is 4.92 Å². The van der Waals surface area contributed by atoms with Gasteiger partial charge in [0.2, 0.25) is 0 Å². The van der Waals surface area contributed by atoms with Gasteiger partial charge < -0.3 is 0 Å². The second kappa shape index (κ2) is 5.09. The van der Waals surface area contributed by atoms with E-state index in [9.17, 15) is 19.7 Å². The third-order valence-electron chi connectivity index (χ3n) is 6.39. The number of aryl methyl sites for hydroxylation is 1. The highest BCUT2D eigenvalue weighted by Crippen LogP contribution is 2.65. The van der Waals surface area contributed by atoms with Crippen molar-refractivity contribution >= 4 is 23.7 Å². The maximum absolute atomic E-state index is 12.8. The molecular formula is C19H17N3O4. The van der Waals surface area contributed by atoms with Crippen LogP contribution in [0.15, 0.2) is 35.5 Å². The molecule has 1 heterocycles. The molecule has 2 bridgehead atoms. The van der Waals surface area contributed by atoms with Crippen molar-refractivity contribution in [1.82, 2.24) is 5.01 Å². The minimum absolute atomic E-state index is 0.0102. The molecule has 4 aliphatic carbocycles. The molecule has 6 rings (SSSR count). The third-order valence-corrected chi connectivity index (χ3v) is 6.39. The molecule has 7 nitrogen and oxygen atoms in total. The summed E-state index contributed by atoms with van der Waals surface area (Å²) in [7, 11) is 0. The van der Waals surface area contributed by atoms with E-state index in [1.807, 2.05) is 0 Å². The lowest BCUT2D eigenvalue weighted by molar-refractivity contribution is -0.385. The van der Waals surface area contributed by atoms with Gasteiger partial charge in [0, 0.05) is 17.2 Å². The zero-order valence-corrected chi connectivity index (χ0v) is 14.1. The number of imide groups is 1. The van der Waals surface area contributed by atoms with Gasteiger partial charge in [0.15, 0.2) is 0 Å². The topological polar surface area (TPSA) is 92.9 Å². The van der Waals surface area contributed by atoms with Crippen LogP contribution in [0.4, 0.5) is 5.69 Å². The van der Waals surface area contributed by atoms with E-state index in [1.54, 1.807) is 19.1 Å². The van der Waals surface area contributed by atoms with Crippen molar-refractivity contribution in [2.45, 2.75) is 13.3 Å². The third kappa shape index (κ3) is 1.97. The number of hydrogen-bond acceptors (Lipinski definition) is 5. The number of hydrazone groups is 1. The number of benzene rings is 1. The van der Waals surface area contributed by atoms with Crippen molar-refractivity contribution in [2.75, 3.05) is 0 Å². The quantitative estimate of drug-likeness (QED) is 0.275. The van der Waals surface area contributed by atoms with Crippen LogP contribution in [0.25, 0.3) is 0 Å². The average molecular weight is 351 g/mol. The molecule has 2 saturated carbocycles. The summed E-state index contributed by atoms with van der Waals surface area (Å²) in [5.74, 6) is 0.374. The summed E-state index contributed by atoms with van der Waals surface area (Å²) in [6, 6.07) is 4.71. The van der Waals surface area contributed by atoms with Crippen LogP contribution in [0.2, 0.25) is 0 Å². The second-order valence-electron chi connectivity index (χ2n) is 7.69. The van der Waals surface area contributed by atoms with Crippen LogP contribution in [0, 0.1) is 52.5 Å². The van der Waals surface area contributed by atoms with E-state index in [0.717, 1.165) is 11.4 Å². The number of rotatable bonds is 3. The first-order valence-electron chi connectivity index (χ1n) is 8.82. The van der Waals surface area contributed by atoms with Gasteiger partial charge in [-0.15, -0.1) is 0 Å². The predicted octanol–water partition coefficient (Wildman–Crippen LogP) is 2.29. The molecule has 0 N–H and O–H groups in total. The van der Waals surface area contributed by atoms with Crippen LogP contribution in [-0.4, -0.2) is 28.0 Å². The number of nitro groups is 1. The smallest absolute Gasteiger partial charge is 0.272 e. The summed E-state index contributed by atoms with van der Waals surface area (Å²) < 4.78 is 0. The molecule has 7 heteroatoms. The predicted molar refractivity (Wildman–Crippen MR) is 92.0 cm³/mol. The summed E-state index contributed by atoms with van der Waals surface area (Å²) in [6.07, 6.45) is 6.70. The number of carbonyl (C=O) groups excluding carboxylic acids is 2. The number of carbonyl (C=O) groups is 2. The molecule has 1 aromatic rings. The summed E-state index contributed by atoms with van der Waals surface area (Å²) in [4.78, 5) is 36.2. The highest BCUT2D eigenvalue weighted by atomic mass is 16.6. The first-order chi connectivity index (χ1) is 12.5. The van der Waals surface area contributed by atoms with Crippen molar-refractivity contribution in [3.05, 3.63) is 51.6 Å². The van der Waals surface area contributed by atoms with Gasteiger partial charge >= 0.3 is 0 Å². The molecule has 3 fully saturated rings. The first-order valence-corrected chi connectivity index (χ1v) is 8.82. The summed E-state index contributed by atoms with van der Waals surface area (Å²) in [5.41, 5.74) is 1.03. The summed E-state index contributed by atoms with van der Waals surface area (Å²) >= 11 is 0. The van der Waals surface area contributed by atoms with Gasteiger partial charge in [0.25, 0.3) is 17.5 Å². The highest BCUT2D eigenvalue weighted by Gasteiger charge is 2.67. The molecule has 1 aromatic carbocycles. The van der Waals surface area contributed by atoms with Gasteiger partial charge in [-0.25, -0.2) is 0 Å². The lowest BCUT2D eigenvalue weighted by atomic mass is 9.63. The van der Waals surface area contributed by atoms with E-state index in [4.69, 9.17) is 0 Å². The number of nitro benzene ring substituents is 1. The minimum atomic E-state index is -0.455. The van der Waals surface area contributed by atoms with Crippen LogP contribution >= 0.6 is 0 Å². The van der Waals surface area contributed by atoms with Crippen molar-refractivity contribution in [3.8, 4) is 0 Å². The van der Waals surface area contributed by atoms with Gasteiger partial charge in [0.05, 0.1) is 23.0 Å². The Hall–Kier alpha value is -2.83. The van der Waals surface area contributed by atoms with Crippen molar-refractivity contribution in [2.24, 2.45) is 40.6 Å². The highest BCUT2D eigenvalue weighted by molar-refractivity contribution is 6.06. The minimum Gasteiger partial charge on any atom is -0.272 e. The van der Waals surface area contributed by atoms with E-state index in [0.29, 0.717) is 23.0 Å². The molecule has 0 aromatic heterocycles. The van der Waals surface area contributed by atoms with Gasteiger partial charge in [-0.2, -0.15) is 10.1 Å². The number of nitrogens with zero attached hydrogens (tertiary/aromatic N) is 3. The van der Waals surface area contributed by atoms with E-state index >= 15 is 0 Å². The number of amides is 2. The molecule has 1 aliphatic heterocycles. The Morgan fingerprint density at radius 3 is 2.35 bits per heavy atom. The molecular weight excluding hydrogens is 334 g/mol. The lowest BCUT2D eigenvalue weighted by Gasteiger charge is -2.37. The fourth-order valence-electron chi connectivity index (χ4n) is 5.08. The number of hydrogen-bond donors (Lipinski definition) is 0. The summed E-state index contributed by atoms with van der Waals surface area (Å²) in [6.45, 7) is 1.66. The molecule has 1 saturated heterocycles. The Labute approximate surface area is 149 Å². The molecule has 26 heavy (non-hydrogen) atoms. The largest absolute Gasteiger partial charge is 0.272 e. The van der Waals surface area contributed by atoms with E-state index in [-0.39, 0.29) is 41.2 Å². The fraction of sp³-hybridized carbons (Fsp3) is 0.421. The molecule has 5 aliphatic rings. The Morgan fingerprint density at radius 2 is 1.77 bits per heavy atom. The van der Waals surface area contributed by atoms with Gasteiger partial charge in [0.1, 0.15) is 0 Å². The summed E-state index contributed by atoms with van der Waals surface area (Å²) in [5, 5.41) is 16.1. The first kappa shape index (κ1) is 15.4. The Bertz CT molecular complexity index is 885. The SMILES string of the molecule is Cc1ccc(/C=N\N2C(=O)[C@@H]3[C@@H]4C=C[C@H]([C@H]5C[C@@H]45)[C@@H]3C2=O)cc1[N+](=O)[O-]. The van der Waals surface area contributed by atoms with Crippen LogP contribution in [-0.2, 0) is 9.59 Å². The van der Waals surface area contributed by atoms with Crippen LogP contribution in [0.5, 0.6) is 0 Å². The maximum Gasteiger partial charge on any atom is 0.272 e. The molecule has 6 atom stereocenters. The van der Waals surface area contributed by atoms with Crippen LogP contribution in [0.1, 0.15) is 17.5 Å². The van der Waals surface area contributed by atoms with Crippen molar-refractivity contribution in [3.63, 3.8) is 0 Å². The van der Waals surface area contributed by atoms with Crippen molar-refractivity contribution < 1.29 is 14.5 Å². The standard InChI is InChI=1S/C19H17N3O4/c1-9-2-3-10(6-15(9)22(25)26)8-20-21-18(23)16-11-4-5-12(14-7-13(11)14)17(16)19(21)24/h2-6,8,11-14,16-17H,7H2,1H3/b20-8-/t11-,12-,13-,14+,16+,17-/m1/s1. The maximum atomic E-state index is 12.8. The normalized spacial score (nSPS) is 36.6. The van der Waals surface area contributed by atoms with Crippen LogP contribution in [0.3, 0.4) is 0 Å². The lowest BCUT2D eigenvalue weighted by Crippen LogP contribution is -2.40. The Kier molecular flexibility index (Phi) is 3.02. The Morgan fingerprint density at radius 1 is 1.15 bits per heavy atom. The molecule has 2 amide bonds. The van der Waals surface area contributed by atoms with Crippen LogP contribution < -0.4 is 0 Å². The van der Waals surface area contributed by atoms with E-state index in [2.05, 4.69) is 17.3 Å². The van der Waals surface area contributed by atoms with Gasteiger partial charge in [-0.3, -0.25) is 19.7 Å². The molecule has 0 spiro atoms. The average Bonchev–Trinajstić information content (AvgIpc) is 3.40. The Balaban J connectivity index is 1.43. The monoisotopic (exact) mass is 351 g/mol.